The van der Waals surface area contributed by atoms with Crippen LogP contribution in [0.3, 0.4) is 0 Å². The van der Waals surface area contributed by atoms with Crippen molar-refractivity contribution in [2.45, 2.75) is 46.5 Å². The van der Waals surface area contributed by atoms with Gasteiger partial charge in [0.25, 0.3) is 0 Å². The van der Waals surface area contributed by atoms with Gasteiger partial charge in [0.1, 0.15) is 11.3 Å². The SMILES string of the molecule is CCOC(=O)C1=C(N)OC2=C(C(=O)CC(C)(C)C2)[C@H]1c1ccc(C)cc1. The van der Waals surface area contributed by atoms with Crippen molar-refractivity contribution in [1.29, 1.82) is 0 Å². The summed E-state index contributed by atoms with van der Waals surface area (Å²) in [7, 11) is 0. The van der Waals surface area contributed by atoms with Gasteiger partial charge in [0.05, 0.1) is 12.5 Å². The third kappa shape index (κ3) is 3.26. The molecule has 26 heavy (non-hydrogen) atoms. The Morgan fingerprint density at radius 1 is 1.27 bits per heavy atom. The Hall–Kier alpha value is -2.56. The zero-order valence-electron chi connectivity index (χ0n) is 15.7. The number of carbonyl (C=O) groups excluding carboxylic acids is 2. The van der Waals surface area contributed by atoms with Gasteiger partial charge in [-0.1, -0.05) is 43.7 Å². The Kier molecular flexibility index (Phi) is 4.65. The van der Waals surface area contributed by atoms with Gasteiger partial charge in [-0.2, -0.15) is 0 Å². The molecule has 3 rings (SSSR count). The first-order chi connectivity index (χ1) is 12.2. The maximum Gasteiger partial charge on any atom is 0.340 e. The van der Waals surface area contributed by atoms with Crippen LogP contribution in [-0.4, -0.2) is 18.4 Å². The minimum Gasteiger partial charge on any atom is -0.462 e. The number of allylic oxidation sites excluding steroid dienone is 2. The van der Waals surface area contributed by atoms with Gasteiger partial charge in [-0.3, -0.25) is 4.79 Å². The summed E-state index contributed by atoms with van der Waals surface area (Å²) in [4.78, 5) is 25.6. The van der Waals surface area contributed by atoms with E-state index in [1.807, 2.05) is 45.0 Å². The van der Waals surface area contributed by atoms with Crippen molar-refractivity contribution in [2.24, 2.45) is 11.1 Å². The highest BCUT2D eigenvalue weighted by Crippen LogP contribution is 2.48. The standard InChI is InChI=1S/C21H25NO4/c1-5-25-20(24)18-16(13-8-6-12(2)7-9-13)17-14(23)10-21(3,4)11-15(17)26-19(18)22/h6-9,16H,5,10-11,22H2,1-4H3/t16-/m1/s1. The van der Waals surface area contributed by atoms with E-state index in [4.69, 9.17) is 15.2 Å². The topological polar surface area (TPSA) is 78.6 Å². The minimum atomic E-state index is -0.554. The van der Waals surface area contributed by atoms with Gasteiger partial charge in [0.15, 0.2) is 5.78 Å². The molecule has 0 unspecified atom stereocenters. The van der Waals surface area contributed by atoms with Gasteiger partial charge < -0.3 is 15.2 Å². The largest absolute Gasteiger partial charge is 0.462 e. The number of nitrogens with two attached hydrogens (primary N) is 1. The van der Waals surface area contributed by atoms with E-state index < -0.39 is 11.9 Å². The summed E-state index contributed by atoms with van der Waals surface area (Å²) < 4.78 is 11.0. The monoisotopic (exact) mass is 355 g/mol. The predicted octanol–water partition coefficient (Wildman–Crippen LogP) is 3.49. The highest BCUT2D eigenvalue weighted by atomic mass is 16.5. The van der Waals surface area contributed by atoms with Gasteiger partial charge >= 0.3 is 5.97 Å². The number of aryl methyl sites for hydroxylation is 1. The molecule has 1 aromatic rings. The van der Waals surface area contributed by atoms with Crippen LogP contribution in [0.25, 0.3) is 0 Å². The highest BCUT2D eigenvalue weighted by molar-refractivity contribution is 6.03. The summed E-state index contributed by atoms with van der Waals surface area (Å²) >= 11 is 0. The molecule has 138 valence electrons. The van der Waals surface area contributed by atoms with E-state index in [0.29, 0.717) is 24.2 Å². The molecule has 0 bridgehead atoms. The van der Waals surface area contributed by atoms with Crippen molar-refractivity contribution in [2.75, 3.05) is 6.61 Å². The molecular formula is C21H25NO4. The fraction of sp³-hybridized carbons (Fsp3) is 0.429. The molecule has 2 aliphatic rings. The quantitative estimate of drug-likeness (QED) is 0.840. The molecule has 0 amide bonds. The van der Waals surface area contributed by atoms with E-state index in [0.717, 1.165) is 11.1 Å². The third-order valence-corrected chi connectivity index (χ3v) is 4.86. The summed E-state index contributed by atoms with van der Waals surface area (Å²) in [6.07, 6.45) is 1.01. The van der Waals surface area contributed by atoms with Gasteiger partial charge in [0.2, 0.25) is 5.88 Å². The molecule has 1 atom stereocenters. The number of ketones is 1. The van der Waals surface area contributed by atoms with Crippen LogP contribution in [0.15, 0.2) is 47.1 Å². The zero-order valence-corrected chi connectivity index (χ0v) is 15.7. The molecule has 1 heterocycles. The fourth-order valence-corrected chi connectivity index (χ4v) is 3.68. The van der Waals surface area contributed by atoms with E-state index in [1.165, 1.54) is 0 Å². The van der Waals surface area contributed by atoms with Crippen molar-refractivity contribution in [3.05, 3.63) is 58.2 Å². The summed E-state index contributed by atoms with van der Waals surface area (Å²) in [5, 5.41) is 0. The first-order valence-corrected chi connectivity index (χ1v) is 8.91. The lowest BCUT2D eigenvalue weighted by Gasteiger charge is -2.37. The van der Waals surface area contributed by atoms with Crippen LogP contribution in [0.4, 0.5) is 0 Å². The van der Waals surface area contributed by atoms with Crippen LogP contribution < -0.4 is 5.73 Å². The van der Waals surface area contributed by atoms with Crippen molar-refractivity contribution in [3.63, 3.8) is 0 Å². The number of ether oxygens (including phenoxy) is 2. The summed E-state index contributed by atoms with van der Waals surface area (Å²) in [5.74, 6) is -0.501. The highest BCUT2D eigenvalue weighted by Gasteiger charge is 2.44. The van der Waals surface area contributed by atoms with Gasteiger partial charge in [-0.25, -0.2) is 4.79 Å². The van der Waals surface area contributed by atoms with E-state index in [2.05, 4.69) is 0 Å². The molecule has 5 nitrogen and oxygen atoms in total. The van der Waals surface area contributed by atoms with Crippen LogP contribution in [0.1, 0.15) is 50.7 Å². The van der Waals surface area contributed by atoms with E-state index in [1.54, 1.807) is 6.92 Å². The molecule has 0 fully saturated rings. The van der Waals surface area contributed by atoms with Crippen molar-refractivity contribution in [1.82, 2.24) is 0 Å². The smallest absolute Gasteiger partial charge is 0.340 e. The van der Waals surface area contributed by atoms with Gasteiger partial charge in [-0.05, 0) is 24.8 Å². The third-order valence-electron chi connectivity index (χ3n) is 4.86. The Bertz CT molecular complexity index is 815. The molecular weight excluding hydrogens is 330 g/mol. The molecule has 0 spiro atoms. The molecule has 1 aromatic carbocycles. The maximum absolute atomic E-state index is 13.0. The van der Waals surface area contributed by atoms with Gasteiger partial charge in [-0.15, -0.1) is 0 Å². The Labute approximate surface area is 153 Å². The van der Waals surface area contributed by atoms with Crippen LogP contribution in [0, 0.1) is 12.3 Å². The minimum absolute atomic E-state index is 0.00359. The number of hydrogen-bond acceptors (Lipinski definition) is 5. The molecule has 2 N–H and O–H groups in total. The summed E-state index contributed by atoms with van der Waals surface area (Å²) in [5.41, 5.74) is 8.60. The number of Topliss-reactive ketones (excluding diaryl/α,β-unsaturated/α-hetero) is 1. The second-order valence-corrected chi connectivity index (χ2v) is 7.72. The number of rotatable bonds is 3. The Balaban J connectivity index is 2.17. The molecule has 1 aliphatic carbocycles. The lowest BCUT2D eigenvalue weighted by molar-refractivity contribution is -0.139. The average molecular weight is 355 g/mol. The number of hydrogen-bond donors (Lipinski definition) is 1. The molecule has 5 heteroatoms. The lowest BCUT2D eigenvalue weighted by Crippen LogP contribution is -2.35. The van der Waals surface area contributed by atoms with Gasteiger partial charge in [0, 0.05) is 18.4 Å². The van der Waals surface area contributed by atoms with E-state index >= 15 is 0 Å². The molecule has 0 saturated carbocycles. The van der Waals surface area contributed by atoms with Crippen LogP contribution in [-0.2, 0) is 19.1 Å². The second-order valence-electron chi connectivity index (χ2n) is 7.72. The fourth-order valence-electron chi connectivity index (χ4n) is 3.68. The van der Waals surface area contributed by atoms with Crippen LogP contribution in [0.5, 0.6) is 0 Å². The predicted molar refractivity (Wildman–Crippen MR) is 97.9 cm³/mol. The van der Waals surface area contributed by atoms with E-state index in [9.17, 15) is 9.59 Å². The van der Waals surface area contributed by atoms with Crippen molar-refractivity contribution >= 4 is 11.8 Å². The summed E-state index contributed by atoms with van der Waals surface area (Å²) in [6, 6.07) is 7.77. The van der Waals surface area contributed by atoms with Crippen molar-refractivity contribution < 1.29 is 19.1 Å². The maximum atomic E-state index is 13.0. The average Bonchev–Trinajstić information content (AvgIpc) is 2.53. The normalized spacial score (nSPS) is 22.0. The first-order valence-electron chi connectivity index (χ1n) is 8.91. The second kappa shape index (κ2) is 6.63. The lowest BCUT2D eigenvalue weighted by atomic mass is 9.70. The molecule has 0 radical (unpaired) electrons. The number of esters is 1. The molecule has 1 aliphatic heterocycles. The number of benzene rings is 1. The molecule has 0 saturated heterocycles. The van der Waals surface area contributed by atoms with Crippen LogP contribution in [0.2, 0.25) is 0 Å². The van der Waals surface area contributed by atoms with Crippen LogP contribution >= 0.6 is 0 Å². The first kappa shape index (κ1) is 18.2. The van der Waals surface area contributed by atoms with Crippen molar-refractivity contribution in [3.8, 4) is 0 Å². The molecule has 0 aromatic heterocycles. The Morgan fingerprint density at radius 2 is 1.92 bits per heavy atom. The van der Waals surface area contributed by atoms with E-state index in [-0.39, 0.29) is 29.3 Å². The summed E-state index contributed by atoms with van der Waals surface area (Å²) in [6.45, 7) is 8.00. The zero-order chi connectivity index (χ0) is 19.1. The Morgan fingerprint density at radius 3 is 2.54 bits per heavy atom. The number of carbonyl (C=O) groups is 2.